The summed E-state index contributed by atoms with van der Waals surface area (Å²) in [7, 11) is 0. The van der Waals surface area contributed by atoms with E-state index in [9.17, 15) is 14.4 Å². The van der Waals surface area contributed by atoms with E-state index >= 15 is 0 Å². The zero-order valence-electron chi connectivity index (χ0n) is 8.34. The van der Waals surface area contributed by atoms with Gasteiger partial charge >= 0.3 is 0 Å². The van der Waals surface area contributed by atoms with Crippen LogP contribution in [0.2, 0.25) is 0 Å². The smallest absolute Gasteiger partial charge is 0.235 e. The molecule has 1 aliphatic rings. The van der Waals surface area contributed by atoms with Crippen molar-refractivity contribution in [1.29, 1.82) is 0 Å². The SMILES string of the molecule is O=Cc1nccc(C2CCC(=O)NC2=O)n1. The van der Waals surface area contributed by atoms with Crippen LogP contribution in [0.1, 0.15) is 35.1 Å². The lowest BCUT2D eigenvalue weighted by Gasteiger charge is -2.19. The summed E-state index contributed by atoms with van der Waals surface area (Å²) >= 11 is 0. The minimum Gasteiger partial charge on any atom is -0.296 e. The van der Waals surface area contributed by atoms with E-state index in [1.807, 2.05) is 0 Å². The number of carbonyl (C=O) groups excluding carboxylic acids is 3. The van der Waals surface area contributed by atoms with E-state index in [1.165, 1.54) is 6.20 Å². The van der Waals surface area contributed by atoms with E-state index in [0.29, 0.717) is 18.4 Å². The molecule has 0 saturated carbocycles. The molecule has 82 valence electrons. The molecular weight excluding hydrogens is 210 g/mol. The van der Waals surface area contributed by atoms with Gasteiger partial charge in [-0.15, -0.1) is 0 Å². The summed E-state index contributed by atoms with van der Waals surface area (Å²) in [6.07, 6.45) is 2.65. The van der Waals surface area contributed by atoms with E-state index in [1.54, 1.807) is 6.07 Å². The minimum absolute atomic E-state index is 0.0437. The molecule has 16 heavy (non-hydrogen) atoms. The molecule has 2 amide bonds. The summed E-state index contributed by atoms with van der Waals surface area (Å²) in [4.78, 5) is 40.6. The molecule has 0 bridgehead atoms. The Labute approximate surface area is 91.1 Å². The highest BCUT2D eigenvalue weighted by Crippen LogP contribution is 2.22. The van der Waals surface area contributed by atoms with Gasteiger partial charge in [0.2, 0.25) is 11.8 Å². The number of nitrogens with one attached hydrogen (secondary N) is 1. The largest absolute Gasteiger partial charge is 0.296 e. The van der Waals surface area contributed by atoms with Crippen molar-refractivity contribution in [1.82, 2.24) is 15.3 Å². The molecule has 0 aromatic carbocycles. The number of nitrogens with zero attached hydrogens (tertiary/aromatic N) is 2. The molecule has 0 spiro atoms. The topological polar surface area (TPSA) is 89.0 Å². The highest BCUT2D eigenvalue weighted by molar-refractivity contribution is 6.00. The Morgan fingerprint density at radius 3 is 2.94 bits per heavy atom. The van der Waals surface area contributed by atoms with Crippen LogP contribution in [0, 0.1) is 0 Å². The molecule has 1 aromatic rings. The lowest BCUT2D eigenvalue weighted by Crippen LogP contribution is -2.39. The van der Waals surface area contributed by atoms with Crippen LogP contribution in [0.15, 0.2) is 12.3 Å². The predicted molar refractivity (Wildman–Crippen MR) is 52.5 cm³/mol. The van der Waals surface area contributed by atoms with Gasteiger partial charge in [0.25, 0.3) is 0 Å². The van der Waals surface area contributed by atoms with Crippen molar-refractivity contribution in [2.24, 2.45) is 0 Å². The lowest BCUT2D eigenvalue weighted by molar-refractivity contribution is -0.134. The highest BCUT2D eigenvalue weighted by atomic mass is 16.2. The van der Waals surface area contributed by atoms with Gasteiger partial charge in [0.05, 0.1) is 11.6 Å². The standard InChI is InChI=1S/C10H9N3O3/c14-5-8-11-4-3-7(12-8)6-1-2-9(15)13-10(6)16/h3-6H,1-2H2,(H,13,15,16). The molecule has 1 atom stereocenters. The maximum Gasteiger partial charge on any atom is 0.235 e. The van der Waals surface area contributed by atoms with Gasteiger partial charge in [-0.25, -0.2) is 9.97 Å². The van der Waals surface area contributed by atoms with Crippen LogP contribution < -0.4 is 5.32 Å². The molecule has 1 aliphatic heterocycles. The number of hydrogen-bond donors (Lipinski definition) is 1. The second-order valence-corrected chi connectivity index (χ2v) is 3.46. The van der Waals surface area contributed by atoms with Gasteiger partial charge in [-0.2, -0.15) is 0 Å². The Hall–Kier alpha value is -2.11. The predicted octanol–water partition coefficient (Wildman–Crippen LogP) is -0.191. The van der Waals surface area contributed by atoms with Crippen molar-refractivity contribution in [2.45, 2.75) is 18.8 Å². The fourth-order valence-electron chi connectivity index (χ4n) is 1.62. The van der Waals surface area contributed by atoms with Crippen molar-refractivity contribution in [3.05, 3.63) is 23.8 Å². The summed E-state index contributed by atoms with van der Waals surface area (Å²) in [6, 6.07) is 1.58. The molecule has 1 saturated heterocycles. The van der Waals surface area contributed by atoms with Gasteiger partial charge in [0, 0.05) is 12.6 Å². The molecule has 2 rings (SSSR count). The van der Waals surface area contributed by atoms with E-state index < -0.39 is 5.92 Å². The van der Waals surface area contributed by atoms with Gasteiger partial charge in [0.15, 0.2) is 12.1 Å². The van der Waals surface area contributed by atoms with Crippen LogP contribution in [0.4, 0.5) is 0 Å². The number of rotatable bonds is 2. The third-order valence-electron chi connectivity index (χ3n) is 2.40. The molecule has 2 heterocycles. The van der Waals surface area contributed by atoms with Crippen molar-refractivity contribution >= 4 is 18.1 Å². The minimum atomic E-state index is -0.473. The van der Waals surface area contributed by atoms with Gasteiger partial charge < -0.3 is 0 Å². The Morgan fingerprint density at radius 2 is 2.25 bits per heavy atom. The summed E-state index contributed by atoms with van der Waals surface area (Å²) in [6.45, 7) is 0. The number of piperidine rings is 1. The number of aldehydes is 1. The van der Waals surface area contributed by atoms with Crippen LogP contribution in [-0.4, -0.2) is 28.1 Å². The molecular formula is C10H9N3O3. The fourth-order valence-corrected chi connectivity index (χ4v) is 1.62. The second-order valence-electron chi connectivity index (χ2n) is 3.46. The zero-order chi connectivity index (χ0) is 11.5. The van der Waals surface area contributed by atoms with E-state index in [-0.39, 0.29) is 24.1 Å². The molecule has 6 nitrogen and oxygen atoms in total. The van der Waals surface area contributed by atoms with Crippen LogP contribution >= 0.6 is 0 Å². The summed E-state index contributed by atoms with van der Waals surface area (Å²) < 4.78 is 0. The average Bonchev–Trinajstić information content (AvgIpc) is 2.29. The van der Waals surface area contributed by atoms with Crippen molar-refractivity contribution in [3.63, 3.8) is 0 Å². The second kappa shape index (κ2) is 4.18. The van der Waals surface area contributed by atoms with Crippen LogP contribution in [0.5, 0.6) is 0 Å². The first-order chi connectivity index (χ1) is 7.70. The Morgan fingerprint density at radius 1 is 1.44 bits per heavy atom. The first-order valence-electron chi connectivity index (χ1n) is 4.82. The number of aromatic nitrogens is 2. The Balaban J connectivity index is 2.26. The first kappa shape index (κ1) is 10.4. The maximum absolute atomic E-state index is 11.5. The molecule has 6 heteroatoms. The van der Waals surface area contributed by atoms with Crippen molar-refractivity contribution in [3.8, 4) is 0 Å². The molecule has 1 fully saturated rings. The average molecular weight is 219 g/mol. The number of imide groups is 1. The molecule has 1 N–H and O–H groups in total. The summed E-state index contributed by atoms with van der Waals surface area (Å²) in [5.41, 5.74) is 0.474. The third kappa shape index (κ3) is 1.95. The van der Waals surface area contributed by atoms with Gasteiger partial charge in [-0.05, 0) is 12.5 Å². The van der Waals surface area contributed by atoms with Crippen molar-refractivity contribution < 1.29 is 14.4 Å². The van der Waals surface area contributed by atoms with E-state index in [4.69, 9.17) is 0 Å². The van der Waals surface area contributed by atoms with Crippen molar-refractivity contribution in [2.75, 3.05) is 0 Å². The van der Waals surface area contributed by atoms with E-state index in [0.717, 1.165) is 0 Å². The first-order valence-corrected chi connectivity index (χ1v) is 4.82. The van der Waals surface area contributed by atoms with Gasteiger partial charge in [0.1, 0.15) is 0 Å². The monoisotopic (exact) mass is 219 g/mol. The Bertz CT molecular complexity index is 458. The quantitative estimate of drug-likeness (QED) is 0.550. The van der Waals surface area contributed by atoms with Crippen LogP contribution in [0.25, 0.3) is 0 Å². The molecule has 1 unspecified atom stereocenters. The number of amides is 2. The summed E-state index contributed by atoms with van der Waals surface area (Å²) in [5, 5.41) is 2.24. The number of hydrogen-bond acceptors (Lipinski definition) is 5. The highest BCUT2D eigenvalue weighted by Gasteiger charge is 2.29. The number of carbonyl (C=O) groups is 3. The lowest BCUT2D eigenvalue weighted by atomic mass is 9.94. The fraction of sp³-hybridized carbons (Fsp3) is 0.300. The molecule has 0 radical (unpaired) electrons. The molecule has 0 aliphatic carbocycles. The van der Waals surface area contributed by atoms with Crippen LogP contribution in [0.3, 0.4) is 0 Å². The maximum atomic E-state index is 11.5. The summed E-state index contributed by atoms with van der Waals surface area (Å²) in [5.74, 6) is -1.07. The van der Waals surface area contributed by atoms with Gasteiger partial charge in [-0.1, -0.05) is 0 Å². The third-order valence-corrected chi connectivity index (χ3v) is 2.40. The Kier molecular flexibility index (Phi) is 2.72. The van der Waals surface area contributed by atoms with Gasteiger partial charge in [-0.3, -0.25) is 19.7 Å². The molecule has 1 aromatic heterocycles. The zero-order valence-corrected chi connectivity index (χ0v) is 8.34. The van der Waals surface area contributed by atoms with Crippen LogP contribution in [-0.2, 0) is 9.59 Å². The van der Waals surface area contributed by atoms with E-state index in [2.05, 4.69) is 15.3 Å². The normalized spacial score (nSPS) is 20.4.